The van der Waals surface area contributed by atoms with Crippen molar-refractivity contribution in [1.82, 2.24) is 19.9 Å². The molecule has 7 nitrogen and oxygen atoms in total. The Labute approximate surface area is 181 Å². The zero-order valence-corrected chi connectivity index (χ0v) is 17.0. The Morgan fingerprint density at radius 3 is 2.58 bits per heavy atom. The minimum absolute atomic E-state index is 0.335. The minimum Gasteiger partial charge on any atom is -0.374 e. The zero-order chi connectivity index (χ0) is 22.2. The summed E-state index contributed by atoms with van der Waals surface area (Å²) < 4.78 is 40.2. The van der Waals surface area contributed by atoms with E-state index in [1.54, 1.807) is 12.1 Å². The van der Waals surface area contributed by atoms with Crippen LogP contribution in [0.1, 0.15) is 35.4 Å². The molecule has 4 N–H and O–H groups in total. The van der Waals surface area contributed by atoms with Crippen LogP contribution >= 0.6 is 11.6 Å². The topological polar surface area (TPSA) is 100 Å². The smallest absolute Gasteiger partial charge is 0.374 e. The van der Waals surface area contributed by atoms with E-state index >= 15 is 0 Å². The molecule has 1 fully saturated rings. The summed E-state index contributed by atoms with van der Waals surface area (Å²) in [4.78, 5) is 14.8. The molecule has 2 aromatic heterocycles. The first-order chi connectivity index (χ1) is 14.7. The van der Waals surface area contributed by atoms with Gasteiger partial charge in [0.1, 0.15) is 23.6 Å². The number of nitrogens with two attached hydrogens (primary N) is 1. The molecule has 4 rings (SSSR count). The van der Waals surface area contributed by atoms with Crippen molar-refractivity contribution in [3.05, 3.63) is 58.5 Å². The number of nitrogens with zero attached hydrogens (tertiary/aromatic N) is 4. The van der Waals surface area contributed by atoms with E-state index in [2.05, 4.69) is 25.2 Å². The average molecular weight is 453 g/mol. The number of nitrogens with one attached hydrogen (secondary N) is 1. The zero-order valence-electron chi connectivity index (χ0n) is 16.3. The number of pyridine rings is 1. The van der Waals surface area contributed by atoms with Gasteiger partial charge in [-0.15, -0.1) is 0 Å². The van der Waals surface area contributed by atoms with E-state index in [4.69, 9.17) is 17.3 Å². The summed E-state index contributed by atoms with van der Waals surface area (Å²) in [7, 11) is 0. The molecule has 11 heteroatoms. The number of fused-ring (bicyclic) bond motifs is 1. The Morgan fingerprint density at radius 2 is 1.94 bits per heavy atom. The Morgan fingerprint density at radius 1 is 1.16 bits per heavy atom. The monoisotopic (exact) mass is 452 g/mol. The SMILES string of the molecule is NC(O)c1ccnc2c(N[C@@H](CN3CCC3)c3ccc(Cl)c(C(F)(F)F)c3)ncnc12. The van der Waals surface area contributed by atoms with Crippen LogP contribution in [0.25, 0.3) is 11.0 Å². The summed E-state index contributed by atoms with van der Waals surface area (Å²) in [6, 6.07) is 4.93. The van der Waals surface area contributed by atoms with Crippen molar-refractivity contribution < 1.29 is 18.3 Å². The molecule has 3 aromatic rings. The second-order valence-corrected chi connectivity index (χ2v) is 7.76. The molecule has 3 heterocycles. The molecule has 2 atom stereocenters. The molecule has 1 aliphatic rings. The highest BCUT2D eigenvalue weighted by Crippen LogP contribution is 2.37. The Kier molecular flexibility index (Phi) is 5.98. The number of halogens is 4. The van der Waals surface area contributed by atoms with Gasteiger partial charge in [0.05, 0.1) is 16.6 Å². The van der Waals surface area contributed by atoms with Crippen molar-refractivity contribution in [3.63, 3.8) is 0 Å². The highest BCUT2D eigenvalue weighted by molar-refractivity contribution is 6.31. The molecule has 164 valence electrons. The molecule has 0 spiro atoms. The molecule has 1 saturated heterocycles. The van der Waals surface area contributed by atoms with E-state index < -0.39 is 24.0 Å². The molecule has 31 heavy (non-hydrogen) atoms. The highest BCUT2D eigenvalue weighted by Gasteiger charge is 2.34. The van der Waals surface area contributed by atoms with Gasteiger partial charge < -0.3 is 21.1 Å². The van der Waals surface area contributed by atoms with Gasteiger partial charge in [0.25, 0.3) is 0 Å². The molecule has 0 amide bonds. The lowest BCUT2D eigenvalue weighted by atomic mass is 10.0. The molecule has 0 aliphatic carbocycles. The summed E-state index contributed by atoms with van der Waals surface area (Å²) in [5.41, 5.74) is 6.25. The van der Waals surface area contributed by atoms with Gasteiger partial charge in [0, 0.05) is 18.3 Å². The van der Waals surface area contributed by atoms with Crippen LogP contribution in [0.4, 0.5) is 19.0 Å². The van der Waals surface area contributed by atoms with Gasteiger partial charge in [0.15, 0.2) is 5.82 Å². The van der Waals surface area contributed by atoms with Crippen molar-refractivity contribution in [2.24, 2.45) is 5.73 Å². The van der Waals surface area contributed by atoms with Crippen molar-refractivity contribution in [1.29, 1.82) is 0 Å². The summed E-state index contributed by atoms with van der Waals surface area (Å²) >= 11 is 5.80. The quantitative estimate of drug-likeness (QED) is 0.492. The van der Waals surface area contributed by atoms with Gasteiger partial charge in [0.2, 0.25) is 0 Å². The van der Waals surface area contributed by atoms with Gasteiger partial charge in [-0.25, -0.2) is 9.97 Å². The average Bonchev–Trinajstić information content (AvgIpc) is 2.68. The molecule has 0 saturated carbocycles. The van der Waals surface area contributed by atoms with Gasteiger partial charge >= 0.3 is 6.18 Å². The molecular weight excluding hydrogens is 433 g/mol. The Balaban J connectivity index is 1.74. The predicted molar refractivity (Wildman–Crippen MR) is 110 cm³/mol. The number of likely N-dealkylation sites (tertiary alicyclic amines) is 1. The fourth-order valence-corrected chi connectivity index (χ4v) is 3.75. The van der Waals surface area contributed by atoms with Crippen molar-refractivity contribution >= 4 is 28.5 Å². The van der Waals surface area contributed by atoms with Gasteiger partial charge in [-0.3, -0.25) is 4.98 Å². The van der Waals surface area contributed by atoms with Crippen LogP contribution < -0.4 is 11.1 Å². The van der Waals surface area contributed by atoms with Crippen LogP contribution in [0.2, 0.25) is 5.02 Å². The largest absolute Gasteiger partial charge is 0.417 e. The van der Waals surface area contributed by atoms with Gasteiger partial charge in [-0.2, -0.15) is 13.2 Å². The third-order valence-corrected chi connectivity index (χ3v) is 5.60. The number of hydrogen-bond acceptors (Lipinski definition) is 7. The highest BCUT2D eigenvalue weighted by atomic mass is 35.5. The number of hydrogen-bond donors (Lipinski definition) is 3. The Bertz CT molecular complexity index is 1090. The number of benzene rings is 1. The molecule has 1 unspecified atom stereocenters. The standard InChI is InChI=1S/C20H20ClF3N6O/c21-14-3-2-11(8-13(14)20(22,23)24)15(9-30-6-1-7-30)29-19-17-16(27-10-28-19)12(18(25)31)4-5-26-17/h2-5,8,10,15,18,31H,1,6-7,9,25H2,(H,27,28,29)/t15-,18?/m0/s1. The van der Waals surface area contributed by atoms with Gasteiger partial charge in [-0.05, 0) is 43.3 Å². The van der Waals surface area contributed by atoms with E-state index in [-0.39, 0.29) is 5.02 Å². The summed E-state index contributed by atoms with van der Waals surface area (Å²) in [6.45, 7) is 2.21. The first-order valence-electron chi connectivity index (χ1n) is 9.63. The molecule has 0 bridgehead atoms. The van der Waals surface area contributed by atoms with Crippen molar-refractivity contribution in [2.45, 2.75) is 24.9 Å². The normalized spacial score (nSPS) is 16.7. The first kappa shape index (κ1) is 21.7. The number of aliphatic hydroxyl groups is 1. The van der Waals surface area contributed by atoms with E-state index in [1.165, 1.54) is 18.6 Å². The van der Waals surface area contributed by atoms with Crippen molar-refractivity contribution in [2.75, 3.05) is 25.0 Å². The number of aromatic nitrogens is 3. The molecule has 0 radical (unpaired) electrons. The lowest BCUT2D eigenvalue weighted by Gasteiger charge is -2.35. The fraction of sp³-hybridized carbons (Fsp3) is 0.350. The van der Waals surface area contributed by atoms with Crippen LogP contribution in [-0.2, 0) is 6.18 Å². The number of rotatable bonds is 6. The molecule has 1 aliphatic heterocycles. The fourth-order valence-electron chi connectivity index (χ4n) is 3.53. The third kappa shape index (κ3) is 4.57. The van der Waals surface area contributed by atoms with E-state index in [0.717, 1.165) is 25.6 Å². The molecule has 1 aromatic carbocycles. The first-order valence-corrected chi connectivity index (χ1v) is 10.0. The van der Waals surface area contributed by atoms with Crippen molar-refractivity contribution in [3.8, 4) is 0 Å². The lowest BCUT2D eigenvalue weighted by molar-refractivity contribution is -0.137. The van der Waals surface area contributed by atoms with Crippen LogP contribution in [0, 0.1) is 0 Å². The lowest BCUT2D eigenvalue weighted by Crippen LogP contribution is -2.41. The Hall–Kier alpha value is -2.53. The molecular formula is C20H20ClF3N6O. The number of anilines is 1. The van der Waals surface area contributed by atoms with Crippen LogP contribution in [-0.4, -0.2) is 44.6 Å². The predicted octanol–water partition coefficient (Wildman–Crippen LogP) is 3.51. The second kappa shape index (κ2) is 8.54. The number of alkyl halides is 3. The maximum Gasteiger partial charge on any atom is 0.417 e. The summed E-state index contributed by atoms with van der Waals surface area (Å²) in [6.07, 6.45) is -2.02. The van der Waals surface area contributed by atoms with Crippen LogP contribution in [0.3, 0.4) is 0 Å². The third-order valence-electron chi connectivity index (χ3n) is 5.27. The second-order valence-electron chi connectivity index (χ2n) is 7.35. The number of aliphatic hydroxyl groups excluding tert-OH is 1. The summed E-state index contributed by atoms with van der Waals surface area (Å²) in [5.74, 6) is 0.335. The maximum atomic E-state index is 13.4. The minimum atomic E-state index is -4.57. The van der Waals surface area contributed by atoms with E-state index in [9.17, 15) is 18.3 Å². The maximum absolute atomic E-state index is 13.4. The van der Waals surface area contributed by atoms with E-state index in [1.807, 2.05) is 0 Å². The van der Waals surface area contributed by atoms with E-state index in [0.29, 0.717) is 34.5 Å². The summed E-state index contributed by atoms with van der Waals surface area (Å²) in [5, 5.41) is 12.7. The van der Waals surface area contributed by atoms with Crippen LogP contribution in [0.5, 0.6) is 0 Å². The van der Waals surface area contributed by atoms with Gasteiger partial charge in [-0.1, -0.05) is 17.7 Å². The van der Waals surface area contributed by atoms with Crippen LogP contribution in [0.15, 0.2) is 36.8 Å².